The van der Waals surface area contributed by atoms with E-state index in [1.54, 1.807) is 6.33 Å². The summed E-state index contributed by atoms with van der Waals surface area (Å²) < 4.78 is 6.61. The number of benzene rings is 1. The van der Waals surface area contributed by atoms with E-state index in [-0.39, 0.29) is 12.0 Å². The number of nitrogen functional groups attached to an aromatic ring is 1. The Kier molecular flexibility index (Phi) is 2.99. The summed E-state index contributed by atoms with van der Waals surface area (Å²) in [6, 6.07) is 5.56. The minimum Gasteiger partial charge on any atom is -0.469 e. The lowest BCUT2D eigenvalue weighted by Gasteiger charge is -2.12. The molecule has 0 aliphatic heterocycles. The zero-order valence-corrected chi connectivity index (χ0v) is 9.88. The molecule has 0 aliphatic rings. The third-order valence-corrected chi connectivity index (χ3v) is 2.76. The van der Waals surface area contributed by atoms with Crippen LogP contribution in [0.25, 0.3) is 11.0 Å². The molecule has 0 saturated heterocycles. The summed E-state index contributed by atoms with van der Waals surface area (Å²) in [6.45, 7) is 1.95. The molecule has 0 aliphatic carbocycles. The third kappa shape index (κ3) is 2.22. The summed E-state index contributed by atoms with van der Waals surface area (Å²) in [6.07, 6.45) is 2.05. The van der Waals surface area contributed by atoms with Crippen LogP contribution in [0.15, 0.2) is 24.5 Å². The van der Waals surface area contributed by atoms with Crippen molar-refractivity contribution in [2.24, 2.45) is 0 Å². The molecule has 2 rings (SSSR count). The van der Waals surface area contributed by atoms with E-state index in [0.717, 1.165) is 11.0 Å². The van der Waals surface area contributed by atoms with Crippen molar-refractivity contribution in [1.82, 2.24) is 9.55 Å². The molecule has 0 radical (unpaired) electrons. The van der Waals surface area contributed by atoms with Gasteiger partial charge in [0.05, 0.1) is 30.9 Å². The average molecular weight is 233 g/mol. The predicted octanol–water partition coefficient (Wildman–Crippen LogP) is 1.74. The first-order chi connectivity index (χ1) is 8.11. The first kappa shape index (κ1) is 11.4. The van der Waals surface area contributed by atoms with E-state index in [0.29, 0.717) is 12.1 Å². The highest BCUT2D eigenvalue weighted by molar-refractivity contribution is 5.79. The maximum absolute atomic E-state index is 11.2. The molecule has 0 bridgehead atoms. The van der Waals surface area contributed by atoms with Crippen LogP contribution in [0, 0.1) is 0 Å². The zero-order chi connectivity index (χ0) is 12.4. The number of imidazole rings is 1. The fraction of sp³-hybridized carbons (Fsp3) is 0.333. The minimum atomic E-state index is -0.227. The Morgan fingerprint density at radius 2 is 2.35 bits per heavy atom. The second-order valence-electron chi connectivity index (χ2n) is 4.03. The molecule has 1 heterocycles. The smallest absolute Gasteiger partial charge is 0.307 e. The number of anilines is 1. The van der Waals surface area contributed by atoms with E-state index in [1.807, 2.05) is 29.7 Å². The summed E-state index contributed by atoms with van der Waals surface area (Å²) in [5.41, 5.74) is 8.17. The average Bonchev–Trinajstić information content (AvgIpc) is 2.71. The molecule has 17 heavy (non-hydrogen) atoms. The number of carbonyl (C=O) groups excluding carboxylic acids is 1. The van der Waals surface area contributed by atoms with Crippen molar-refractivity contribution in [2.75, 3.05) is 12.8 Å². The number of ether oxygens (including phenoxy) is 1. The van der Waals surface area contributed by atoms with E-state index >= 15 is 0 Å². The normalized spacial score (nSPS) is 12.6. The van der Waals surface area contributed by atoms with Crippen LogP contribution in [-0.2, 0) is 9.53 Å². The van der Waals surface area contributed by atoms with Crippen LogP contribution in [0.4, 0.5) is 5.69 Å². The molecule has 0 saturated carbocycles. The Hall–Kier alpha value is -2.04. The fourth-order valence-corrected chi connectivity index (χ4v) is 1.82. The number of fused-ring (bicyclic) bond motifs is 1. The van der Waals surface area contributed by atoms with Crippen molar-refractivity contribution in [3.63, 3.8) is 0 Å². The topological polar surface area (TPSA) is 70.1 Å². The third-order valence-electron chi connectivity index (χ3n) is 2.76. The molecule has 2 aromatic rings. The van der Waals surface area contributed by atoms with Crippen LogP contribution in [0.3, 0.4) is 0 Å². The van der Waals surface area contributed by atoms with E-state index in [9.17, 15) is 4.79 Å². The zero-order valence-electron chi connectivity index (χ0n) is 9.88. The van der Waals surface area contributed by atoms with Gasteiger partial charge in [0.2, 0.25) is 0 Å². The SMILES string of the molecule is COC(=O)CC(C)n1cnc2cc(N)ccc21. The largest absolute Gasteiger partial charge is 0.469 e. The number of methoxy groups -OCH3 is 1. The van der Waals surface area contributed by atoms with Gasteiger partial charge < -0.3 is 15.0 Å². The van der Waals surface area contributed by atoms with Gasteiger partial charge in [-0.1, -0.05) is 0 Å². The molecule has 5 nitrogen and oxygen atoms in total. The first-order valence-electron chi connectivity index (χ1n) is 5.40. The number of hydrogen-bond donors (Lipinski definition) is 1. The highest BCUT2D eigenvalue weighted by atomic mass is 16.5. The molecule has 0 fully saturated rings. The Labute approximate surface area is 99.2 Å². The number of esters is 1. The Balaban J connectivity index is 2.32. The molecule has 0 spiro atoms. The summed E-state index contributed by atoms with van der Waals surface area (Å²) >= 11 is 0. The van der Waals surface area contributed by atoms with Crippen molar-refractivity contribution in [1.29, 1.82) is 0 Å². The van der Waals surface area contributed by atoms with Gasteiger partial charge in [0.1, 0.15) is 0 Å². The van der Waals surface area contributed by atoms with Gasteiger partial charge in [-0.05, 0) is 25.1 Å². The number of aromatic nitrogens is 2. The maximum Gasteiger partial charge on any atom is 0.307 e. The molecule has 0 amide bonds. The number of nitrogens with zero attached hydrogens (tertiary/aromatic N) is 2. The molecule has 2 N–H and O–H groups in total. The molecule has 1 atom stereocenters. The second-order valence-corrected chi connectivity index (χ2v) is 4.03. The van der Waals surface area contributed by atoms with E-state index in [2.05, 4.69) is 9.72 Å². The highest BCUT2D eigenvalue weighted by Gasteiger charge is 2.13. The lowest BCUT2D eigenvalue weighted by Crippen LogP contribution is -2.11. The first-order valence-corrected chi connectivity index (χ1v) is 5.40. The molecular formula is C12H15N3O2. The summed E-state index contributed by atoms with van der Waals surface area (Å²) in [7, 11) is 1.39. The summed E-state index contributed by atoms with van der Waals surface area (Å²) in [4.78, 5) is 15.5. The van der Waals surface area contributed by atoms with Gasteiger partial charge in [-0.15, -0.1) is 0 Å². The second kappa shape index (κ2) is 4.45. The minimum absolute atomic E-state index is 0.0103. The van der Waals surface area contributed by atoms with Crippen LogP contribution in [-0.4, -0.2) is 22.6 Å². The van der Waals surface area contributed by atoms with Gasteiger partial charge in [-0.25, -0.2) is 4.98 Å². The maximum atomic E-state index is 11.2. The van der Waals surface area contributed by atoms with Crippen molar-refractivity contribution < 1.29 is 9.53 Å². The molecule has 5 heteroatoms. The number of nitrogens with two attached hydrogens (primary N) is 1. The summed E-state index contributed by atoms with van der Waals surface area (Å²) in [5.74, 6) is -0.227. The Bertz CT molecular complexity index is 548. The monoisotopic (exact) mass is 233 g/mol. The predicted molar refractivity (Wildman–Crippen MR) is 65.5 cm³/mol. The molecule has 1 unspecified atom stereocenters. The Morgan fingerprint density at radius 3 is 3.06 bits per heavy atom. The molecule has 1 aromatic carbocycles. The summed E-state index contributed by atoms with van der Waals surface area (Å²) in [5, 5.41) is 0. The van der Waals surface area contributed by atoms with Crippen LogP contribution in [0.5, 0.6) is 0 Å². The van der Waals surface area contributed by atoms with Gasteiger partial charge in [-0.2, -0.15) is 0 Å². The Morgan fingerprint density at radius 1 is 1.59 bits per heavy atom. The van der Waals surface area contributed by atoms with Crippen LogP contribution in [0.1, 0.15) is 19.4 Å². The van der Waals surface area contributed by atoms with E-state index in [1.165, 1.54) is 7.11 Å². The highest BCUT2D eigenvalue weighted by Crippen LogP contribution is 2.21. The standard InChI is InChI=1S/C12H15N3O2/c1-8(5-12(16)17-2)15-7-14-10-6-9(13)3-4-11(10)15/h3-4,6-8H,5,13H2,1-2H3. The van der Waals surface area contributed by atoms with Crippen molar-refractivity contribution in [2.45, 2.75) is 19.4 Å². The van der Waals surface area contributed by atoms with Gasteiger partial charge in [0.15, 0.2) is 0 Å². The molecule has 90 valence electrons. The van der Waals surface area contributed by atoms with Crippen LogP contribution >= 0.6 is 0 Å². The van der Waals surface area contributed by atoms with Crippen molar-refractivity contribution >= 4 is 22.7 Å². The van der Waals surface area contributed by atoms with Gasteiger partial charge in [-0.3, -0.25) is 4.79 Å². The van der Waals surface area contributed by atoms with Crippen LogP contribution in [0.2, 0.25) is 0 Å². The quantitative estimate of drug-likeness (QED) is 0.647. The van der Waals surface area contributed by atoms with Gasteiger partial charge in [0.25, 0.3) is 0 Å². The number of rotatable bonds is 3. The number of hydrogen-bond acceptors (Lipinski definition) is 4. The van der Waals surface area contributed by atoms with Gasteiger partial charge in [0, 0.05) is 11.7 Å². The van der Waals surface area contributed by atoms with Crippen molar-refractivity contribution in [3.8, 4) is 0 Å². The lowest BCUT2D eigenvalue weighted by molar-refractivity contribution is -0.141. The number of carbonyl (C=O) groups is 1. The van der Waals surface area contributed by atoms with Crippen molar-refractivity contribution in [3.05, 3.63) is 24.5 Å². The van der Waals surface area contributed by atoms with Gasteiger partial charge >= 0.3 is 5.97 Å². The molecule has 1 aromatic heterocycles. The molecular weight excluding hydrogens is 218 g/mol. The van der Waals surface area contributed by atoms with Crippen LogP contribution < -0.4 is 5.73 Å². The van der Waals surface area contributed by atoms with E-state index < -0.39 is 0 Å². The lowest BCUT2D eigenvalue weighted by atomic mass is 10.2. The fourth-order valence-electron chi connectivity index (χ4n) is 1.82. The van der Waals surface area contributed by atoms with E-state index in [4.69, 9.17) is 5.73 Å².